The lowest BCUT2D eigenvalue weighted by Gasteiger charge is -2.33. The summed E-state index contributed by atoms with van der Waals surface area (Å²) >= 11 is 0. The van der Waals surface area contributed by atoms with Gasteiger partial charge in [-0.15, -0.1) is 0 Å². The minimum atomic E-state index is 0.519. The minimum absolute atomic E-state index is 0.519. The molecule has 0 N–H and O–H groups in total. The largest absolute Gasteiger partial charge is 0.303 e. The van der Waals surface area contributed by atoms with Crippen molar-refractivity contribution in [2.45, 2.75) is 0 Å². The fourth-order valence-corrected chi connectivity index (χ4v) is 8.23. The van der Waals surface area contributed by atoms with E-state index in [0.29, 0.717) is 17.7 Å². The van der Waals surface area contributed by atoms with Crippen LogP contribution < -0.4 is 9.80 Å². The molecule has 0 spiro atoms. The van der Waals surface area contributed by atoms with Gasteiger partial charge in [0, 0.05) is 28.7 Å². The normalized spacial score (nSPS) is 12.9. The molecule has 9 heteroatoms. The van der Waals surface area contributed by atoms with Gasteiger partial charge in [-0.1, -0.05) is 78.9 Å². The topological polar surface area (TPSA) is 80.8 Å². The Bertz CT molecular complexity index is 2920. The van der Waals surface area contributed by atoms with E-state index >= 15 is 0 Å². The van der Waals surface area contributed by atoms with Crippen LogP contribution in [0.4, 0.5) is 34.6 Å². The van der Waals surface area contributed by atoms with Gasteiger partial charge in [0.25, 0.3) is 0 Å². The van der Waals surface area contributed by atoms with Crippen LogP contribution in [0.1, 0.15) is 0 Å². The molecule has 52 heavy (non-hydrogen) atoms. The summed E-state index contributed by atoms with van der Waals surface area (Å²) in [4.78, 5) is 29.9. The summed E-state index contributed by atoms with van der Waals surface area (Å²) in [5, 5.41) is 2.14. The van der Waals surface area contributed by atoms with Crippen molar-refractivity contribution in [2.75, 3.05) is 9.80 Å². The SMILES string of the molecule is c1ccc(-c2nc(N3c4ccccc4-n4c5cccnc5c5cccc3c54)nc(N3c4ccccc4-n4c5cccnc5c5cccc3c54)n2)cc1. The van der Waals surface area contributed by atoms with Crippen LogP contribution in [-0.2, 0) is 0 Å². The first-order valence-corrected chi connectivity index (χ1v) is 17.2. The van der Waals surface area contributed by atoms with Crippen LogP contribution in [-0.4, -0.2) is 34.1 Å². The van der Waals surface area contributed by atoms with E-state index in [9.17, 15) is 0 Å². The van der Waals surface area contributed by atoms with Crippen molar-refractivity contribution < 1.29 is 0 Å². The Morgan fingerprint density at radius 2 is 0.827 bits per heavy atom. The third-order valence-electron chi connectivity index (χ3n) is 10.3. The van der Waals surface area contributed by atoms with Crippen molar-refractivity contribution in [2.24, 2.45) is 0 Å². The van der Waals surface area contributed by atoms with Crippen LogP contribution in [0.3, 0.4) is 0 Å². The maximum absolute atomic E-state index is 5.41. The fraction of sp³-hybridized carbons (Fsp3) is 0. The summed E-state index contributed by atoms with van der Waals surface area (Å²) in [5.41, 5.74) is 13.0. The highest BCUT2D eigenvalue weighted by atomic mass is 15.4. The van der Waals surface area contributed by atoms with Gasteiger partial charge in [0.15, 0.2) is 5.82 Å². The van der Waals surface area contributed by atoms with Crippen LogP contribution >= 0.6 is 0 Å². The van der Waals surface area contributed by atoms with Gasteiger partial charge >= 0.3 is 0 Å². The van der Waals surface area contributed by atoms with Crippen molar-refractivity contribution in [1.29, 1.82) is 0 Å². The Balaban J connectivity index is 1.18. The van der Waals surface area contributed by atoms with E-state index in [-0.39, 0.29) is 0 Å². The molecule has 9 nitrogen and oxygen atoms in total. The predicted molar refractivity (Wildman–Crippen MR) is 206 cm³/mol. The van der Waals surface area contributed by atoms with Crippen LogP contribution in [0, 0.1) is 0 Å². The summed E-state index contributed by atoms with van der Waals surface area (Å²) in [7, 11) is 0. The molecule has 2 aliphatic heterocycles. The van der Waals surface area contributed by atoms with Crippen LogP contribution in [0.2, 0.25) is 0 Å². The fourth-order valence-electron chi connectivity index (χ4n) is 8.23. The number of rotatable bonds is 3. The maximum Gasteiger partial charge on any atom is 0.240 e. The molecule has 5 aromatic carbocycles. The number of fused-ring (bicyclic) bond motifs is 10. The smallest absolute Gasteiger partial charge is 0.240 e. The molecule has 0 amide bonds. The molecule has 0 unspecified atom stereocenters. The van der Waals surface area contributed by atoms with Gasteiger partial charge in [-0.2, -0.15) is 15.0 Å². The van der Waals surface area contributed by atoms with Gasteiger partial charge in [-0.25, -0.2) is 0 Å². The summed E-state index contributed by atoms with van der Waals surface area (Å²) in [5.74, 6) is 1.62. The molecule has 0 aliphatic carbocycles. The van der Waals surface area contributed by atoms with Gasteiger partial charge in [-0.3, -0.25) is 19.8 Å². The Kier molecular flexibility index (Phi) is 5.32. The zero-order chi connectivity index (χ0) is 33.9. The van der Waals surface area contributed by atoms with Gasteiger partial charge in [0.1, 0.15) is 0 Å². The second kappa shape index (κ2) is 10.1. The van der Waals surface area contributed by atoms with E-state index in [2.05, 4.69) is 116 Å². The molecule has 0 bridgehead atoms. The van der Waals surface area contributed by atoms with Gasteiger partial charge < -0.3 is 9.13 Å². The molecular formula is C43H25N9. The summed E-state index contributed by atoms with van der Waals surface area (Å²) in [6.07, 6.45) is 3.72. The van der Waals surface area contributed by atoms with Gasteiger partial charge in [0.05, 0.1) is 67.2 Å². The van der Waals surface area contributed by atoms with Gasteiger partial charge in [0.2, 0.25) is 11.9 Å². The Morgan fingerprint density at radius 3 is 1.35 bits per heavy atom. The number of para-hydroxylation sites is 6. The molecule has 0 saturated heterocycles. The quantitative estimate of drug-likeness (QED) is 0.186. The van der Waals surface area contributed by atoms with Crippen molar-refractivity contribution in [1.82, 2.24) is 34.1 Å². The number of benzene rings is 5. The molecule has 5 aromatic heterocycles. The Labute approximate surface area is 296 Å². The monoisotopic (exact) mass is 667 g/mol. The molecule has 12 rings (SSSR count). The maximum atomic E-state index is 5.41. The predicted octanol–water partition coefficient (Wildman–Crippen LogP) is 10.1. The number of aromatic nitrogens is 7. The lowest BCUT2D eigenvalue weighted by atomic mass is 10.1. The molecule has 0 fully saturated rings. The Morgan fingerprint density at radius 1 is 0.365 bits per heavy atom. The van der Waals surface area contributed by atoms with Crippen LogP contribution in [0.15, 0.2) is 152 Å². The molecule has 10 aromatic rings. The standard InChI is InChI=1S/C43H25N9/c1-2-12-26(13-3-1)41-46-42(51-31-18-6-4-16-29(31)49-33-22-10-24-44-37(33)27-14-8-20-35(51)39(27)49)48-43(47-41)52-32-19-7-5-17-30(32)50-34-23-11-25-45-38(34)28-15-9-21-36(52)40(28)50/h1-25H. The summed E-state index contributed by atoms with van der Waals surface area (Å²) in [6, 6.07) is 48.0. The van der Waals surface area contributed by atoms with E-state index in [1.54, 1.807) is 0 Å². The number of hydrogen-bond donors (Lipinski definition) is 0. The zero-order valence-electron chi connectivity index (χ0n) is 27.5. The minimum Gasteiger partial charge on any atom is -0.303 e. The first-order chi connectivity index (χ1) is 25.8. The second-order valence-electron chi connectivity index (χ2n) is 13.0. The lowest BCUT2D eigenvalue weighted by molar-refractivity contribution is 0.969. The third kappa shape index (κ3) is 3.53. The number of nitrogens with zero attached hydrogens (tertiary/aromatic N) is 9. The first kappa shape index (κ1) is 27.4. The third-order valence-corrected chi connectivity index (χ3v) is 10.3. The average molecular weight is 668 g/mol. The van der Waals surface area contributed by atoms with Crippen molar-refractivity contribution in [3.8, 4) is 22.8 Å². The highest BCUT2D eigenvalue weighted by Gasteiger charge is 2.34. The molecule has 242 valence electrons. The second-order valence-corrected chi connectivity index (χ2v) is 13.0. The lowest BCUT2D eigenvalue weighted by Crippen LogP contribution is -2.24. The number of hydrogen-bond acceptors (Lipinski definition) is 7. The van der Waals surface area contributed by atoms with E-state index in [0.717, 1.165) is 83.6 Å². The zero-order valence-corrected chi connectivity index (χ0v) is 27.5. The van der Waals surface area contributed by atoms with E-state index in [4.69, 9.17) is 24.9 Å². The summed E-state index contributed by atoms with van der Waals surface area (Å²) in [6.45, 7) is 0. The van der Waals surface area contributed by atoms with E-state index in [1.165, 1.54) is 0 Å². The van der Waals surface area contributed by atoms with E-state index in [1.807, 2.05) is 54.9 Å². The molecule has 0 radical (unpaired) electrons. The van der Waals surface area contributed by atoms with Crippen molar-refractivity contribution in [3.63, 3.8) is 0 Å². The number of pyridine rings is 2. The van der Waals surface area contributed by atoms with Crippen LogP contribution in [0.5, 0.6) is 0 Å². The Hall–Kier alpha value is -7.39. The molecule has 2 aliphatic rings. The highest BCUT2D eigenvalue weighted by Crippen LogP contribution is 2.51. The van der Waals surface area contributed by atoms with Gasteiger partial charge in [-0.05, 0) is 60.7 Å². The summed E-state index contributed by atoms with van der Waals surface area (Å²) < 4.78 is 4.63. The first-order valence-electron chi connectivity index (χ1n) is 17.2. The molecule has 0 atom stereocenters. The van der Waals surface area contributed by atoms with Crippen molar-refractivity contribution >= 4 is 78.5 Å². The van der Waals surface area contributed by atoms with E-state index < -0.39 is 0 Å². The van der Waals surface area contributed by atoms with Crippen molar-refractivity contribution in [3.05, 3.63) is 152 Å². The average Bonchev–Trinajstić information content (AvgIpc) is 3.74. The van der Waals surface area contributed by atoms with Crippen LogP contribution in [0.25, 0.3) is 66.6 Å². The number of anilines is 6. The molecule has 0 saturated carbocycles. The highest BCUT2D eigenvalue weighted by molar-refractivity contribution is 6.16. The molecule has 7 heterocycles. The molecular weight excluding hydrogens is 643 g/mol.